The highest BCUT2D eigenvalue weighted by molar-refractivity contribution is 5.42. The summed E-state index contributed by atoms with van der Waals surface area (Å²) in [5.41, 5.74) is 2.53. The summed E-state index contributed by atoms with van der Waals surface area (Å²) in [4.78, 5) is 7.01. The number of aromatic nitrogens is 1. The van der Waals surface area contributed by atoms with Crippen LogP contribution in [0.4, 0.5) is 5.82 Å². The van der Waals surface area contributed by atoms with Crippen LogP contribution in [0.2, 0.25) is 0 Å². The van der Waals surface area contributed by atoms with Crippen LogP contribution in [0.1, 0.15) is 38.4 Å². The molecule has 1 N–H and O–H groups in total. The zero-order valence-electron chi connectivity index (χ0n) is 12.5. The number of nitrogens with one attached hydrogen (secondary N) is 1. The highest BCUT2D eigenvalue weighted by Crippen LogP contribution is 2.16. The minimum absolute atomic E-state index is 0.652. The zero-order chi connectivity index (χ0) is 13.5. The lowest BCUT2D eigenvalue weighted by Crippen LogP contribution is -2.24. The molecular formula is C15H27N3. The Morgan fingerprint density at radius 2 is 2.06 bits per heavy atom. The van der Waals surface area contributed by atoms with Gasteiger partial charge < -0.3 is 10.2 Å². The quantitative estimate of drug-likeness (QED) is 0.805. The monoisotopic (exact) mass is 249 g/mol. The minimum Gasteiger partial charge on any atom is -0.359 e. The van der Waals surface area contributed by atoms with Crippen molar-refractivity contribution in [3.63, 3.8) is 0 Å². The third-order valence-corrected chi connectivity index (χ3v) is 2.84. The number of hydrogen-bond acceptors (Lipinski definition) is 3. The Morgan fingerprint density at radius 3 is 2.61 bits per heavy atom. The molecule has 0 aliphatic heterocycles. The van der Waals surface area contributed by atoms with Crippen LogP contribution in [0.25, 0.3) is 0 Å². The predicted molar refractivity (Wildman–Crippen MR) is 79.1 cm³/mol. The van der Waals surface area contributed by atoms with Crippen molar-refractivity contribution in [2.24, 2.45) is 5.92 Å². The zero-order valence-corrected chi connectivity index (χ0v) is 12.5. The molecule has 0 amide bonds. The fourth-order valence-corrected chi connectivity index (χ4v) is 2.16. The van der Waals surface area contributed by atoms with Gasteiger partial charge in [-0.05, 0) is 37.1 Å². The van der Waals surface area contributed by atoms with Gasteiger partial charge in [0.25, 0.3) is 0 Å². The highest BCUT2D eigenvalue weighted by atomic mass is 15.2. The molecule has 0 saturated carbocycles. The summed E-state index contributed by atoms with van der Waals surface area (Å²) in [6.07, 6.45) is 2.20. The summed E-state index contributed by atoms with van der Waals surface area (Å²) >= 11 is 0. The van der Waals surface area contributed by atoms with Crippen molar-refractivity contribution in [3.05, 3.63) is 23.4 Å². The first-order valence-corrected chi connectivity index (χ1v) is 6.92. The second kappa shape index (κ2) is 7.37. The fourth-order valence-electron chi connectivity index (χ4n) is 2.16. The number of rotatable bonds is 7. The largest absolute Gasteiger partial charge is 0.359 e. The average molecular weight is 249 g/mol. The molecule has 1 rings (SSSR count). The third-order valence-electron chi connectivity index (χ3n) is 2.84. The van der Waals surface area contributed by atoms with Gasteiger partial charge in [0.05, 0.1) is 0 Å². The molecule has 0 atom stereocenters. The third kappa shape index (κ3) is 4.65. The van der Waals surface area contributed by atoms with Gasteiger partial charge in [0.15, 0.2) is 0 Å². The molecule has 0 aromatic carbocycles. The van der Waals surface area contributed by atoms with Crippen LogP contribution in [0.3, 0.4) is 0 Å². The minimum atomic E-state index is 0.652. The second-order valence-electron chi connectivity index (χ2n) is 5.38. The van der Waals surface area contributed by atoms with Crippen molar-refractivity contribution in [2.75, 3.05) is 25.5 Å². The van der Waals surface area contributed by atoms with Gasteiger partial charge in [0, 0.05) is 25.8 Å². The summed E-state index contributed by atoms with van der Waals surface area (Å²) in [5.74, 6) is 1.75. The van der Waals surface area contributed by atoms with Crippen molar-refractivity contribution in [1.82, 2.24) is 10.3 Å². The maximum Gasteiger partial charge on any atom is 0.128 e. The molecule has 3 heteroatoms. The Balaban J connectivity index is 2.94. The Hall–Kier alpha value is -1.09. The van der Waals surface area contributed by atoms with Crippen LogP contribution >= 0.6 is 0 Å². The van der Waals surface area contributed by atoms with Crippen LogP contribution in [-0.4, -0.2) is 25.6 Å². The molecule has 0 bridgehead atoms. The van der Waals surface area contributed by atoms with Gasteiger partial charge in [-0.1, -0.05) is 27.2 Å². The second-order valence-corrected chi connectivity index (χ2v) is 5.38. The highest BCUT2D eigenvalue weighted by Gasteiger charge is 2.08. The van der Waals surface area contributed by atoms with Crippen LogP contribution in [0, 0.1) is 5.92 Å². The molecule has 0 fully saturated rings. The molecule has 0 aliphatic carbocycles. The number of pyridine rings is 1. The van der Waals surface area contributed by atoms with E-state index in [1.54, 1.807) is 0 Å². The molecule has 0 saturated heterocycles. The lowest BCUT2D eigenvalue weighted by Gasteiger charge is -2.22. The molecule has 1 heterocycles. The average Bonchev–Trinajstić information content (AvgIpc) is 2.28. The summed E-state index contributed by atoms with van der Waals surface area (Å²) in [6.45, 7) is 8.62. The molecule has 0 aliphatic rings. The standard InChI is InChI=1S/C15H27N3/c1-6-7-14-8-13(10-16-4)9-15(17-14)18(5)11-12(2)3/h8-9,12,16H,6-7,10-11H2,1-5H3. The van der Waals surface area contributed by atoms with Gasteiger partial charge in [-0.15, -0.1) is 0 Å². The van der Waals surface area contributed by atoms with Crippen LogP contribution < -0.4 is 10.2 Å². The van der Waals surface area contributed by atoms with Crippen molar-refractivity contribution < 1.29 is 0 Å². The maximum atomic E-state index is 4.76. The van der Waals surface area contributed by atoms with E-state index in [0.717, 1.165) is 31.7 Å². The van der Waals surface area contributed by atoms with E-state index in [1.165, 1.54) is 11.3 Å². The fraction of sp³-hybridized carbons (Fsp3) is 0.667. The number of hydrogen-bond donors (Lipinski definition) is 1. The number of nitrogens with zero attached hydrogens (tertiary/aromatic N) is 2. The Morgan fingerprint density at radius 1 is 1.33 bits per heavy atom. The van der Waals surface area contributed by atoms with Gasteiger partial charge in [-0.3, -0.25) is 0 Å². The van der Waals surface area contributed by atoms with Gasteiger partial charge >= 0.3 is 0 Å². The van der Waals surface area contributed by atoms with Crippen molar-refractivity contribution in [2.45, 2.75) is 40.2 Å². The molecule has 3 nitrogen and oxygen atoms in total. The molecule has 1 aromatic heterocycles. The summed E-state index contributed by atoms with van der Waals surface area (Å²) in [7, 11) is 4.11. The first kappa shape index (κ1) is 15.0. The Labute approximate surface area is 112 Å². The van der Waals surface area contributed by atoms with E-state index in [0.29, 0.717) is 5.92 Å². The van der Waals surface area contributed by atoms with E-state index in [9.17, 15) is 0 Å². The van der Waals surface area contributed by atoms with Crippen LogP contribution in [0.15, 0.2) is 12.1 Å². The molecule has 0 spiro atoms. The normalized spacial score (nSPS) is 11.0. The van der Waals surface area contributed by atoms with E-state index in [4.69, 9.17) is 4.98 Å². The Kier molecular flexibility index (Phi) is 6.13. The molecule has 0 unspecified atom stereocenters. The predicted octanol–water partition coefficient (Wildman–Crippen LogP) is 2.85. The van der Waals surface area contributed by atoms with Crippen LogP contribution in [0.5, 0.6) is 0 Å². The molecule has 1 aromatic rings. The Bertz CT molecular complexity index is 337. The molecule has 0 radical (unpaired) electrons. The first-order valence-electron chi connectivity index (χ1n) is 6.92. The summed E-state index contributed by atoms with van der Waals surface area (Å²) in [6, 6.07) is 4.41. The van der Waals surface area contributed by atoms with Crippen molar-refractivity contribution >= 4 is 5.82 Å². The lowest BCUT2D eigenvalue weighted by atomic mass is 10.1. The molecule has 102 valence electrons. The molecular weight excluding hydrogens is 222 g/mol. The smallest absolute Gasteiger partial charge is 0.128 e. The van der Waals surface area contributed by atoms with Crippen molar-refractivity contribution in [3.8, 4) is 0 Å². The topological polar surface area (TPSA) is 28.2 Å². The van der Waals surface area contributed by atoms with Gasteiger partial charge in [0.2, 0.25) is 0 Å². The van der Waals surface area contributed by atoms with Crippen molar-refractivity contribution in [1.29, 1.82) is 0 Å². The number of aryl methyl sites for hydroxylation is 1. The molecule has 18 heavy (non-hydrogen) atoms. The van der Waals surface area contributed by atoms with E-state index in [-0.39, 0.29) is 0 Å². The summed E-state index contributed by atoms with van der Waals surface area (Å²) < 4.78 is 0. The van der Waals surface area contributed by atoms with Gasteiger partial charge in [-0.2, -0.15) is 0 Å². The SMILES string of the molecule is CCCc1cc(CNC)cc(N(C)CC(C)C)n1. The van der Waals surface area contributed by atoms with E-state index < -0.39 is 0 Å². The van der Waals surface area contributed by atoms with E-state index >= 15 is 0 Å². The first-order chi connectivity index (χ1) is 8.56. The van der Waals surface area contributed by atoms with E-state index in [1.807, 2.05) is 7.05 Å². The van der Waals surface area contributed by atoms with Crippen LogP contribution in [-0.2, 0) is 13.0 Å². The lowest BCUT2D eigenvalue weighted by molar-refractivity contribution is 0.633. The van der Waals surface area contributed by atoms with Gasteiger partial charge in [0.1, 0.15) is 5.82 Å². The number of anilines is 1. The van der Waals surface area contributed by atoms with Gasteiger partial charge in [-0.25, -0.2) is 4.98 Å². The van der Waals surface area contributed by atoms with E-state index in [2.05, 4.69) is 50.2 Å². The summed E-state index contributed by atoms with van der Waals surface area (Å²) in [5, 5.41) is 3.21. The maximum absolute atomic E-state index is 4.76.